The minimum absolute atomic E-state index is 0.544. The van der Waals surface area contributed by atoms with Gasteiger partial charge in [-0.2, -0.15) is 5.26 Å². The Balaban J connectivity index is 2.30. The molecule has 0 saturated carbocycles. The van der Waals surface area contributed by atoms with E-state index < -0.39 is 0 Å². The Bertz CT molecular complexity index is 596. The molecule has 1 heterocycles. The Morgan fingerprint density at radius 1 is 1.00 bits per heavy atom. The zero-order valence-corrected chi connectivity index (χ0v) is 8.60. The number of benzene rings is 2. The van der Waals surface area contributed by atoms with E-state index in [0.717, 1.165) is 5.56 Å². The summed E-state index contributed by atoms with van der Waals surface area (Å²) < 4.78 is 5.65. The van der Waals surface area contributed by atoms with E-state index in [1.165, 1.54) is 11.1 Å². The molecule has 0 aromatic heterocycles. The van der Waals surface area contributed by atoms with E-state index in [9.17, 15) is 0 Å². The lowest BCUT2D eigenvalue weighted by Crippen LogP contribution is -2.06. The van der Waals surface area contributed by atoms with Crippen LogP contribution in [-0.4, -0.2) is 0 Å². The van der Waals surface area contributed by atoms with Gasteiger partial charge in [0.2, 0.25) is 0 Å². The first-order chi connectivity index (χ1) is 7.90. The van der Waals surface area contributed by atoms with Crippen molar-refractivity contribution in [1.29, 1.82) is 5.26 Å². The van der Waals surface area contributed by atoms with Gasteiger partial charge in [-0.25, -0.2) is 0 Å². The first-order valence-electron chi connectivity index (χ1n) is 5.14. The van der Waals surface area contributed by atoms with Gasteiger partial charge in [-0.3, -0.25) is 0 Å². The third-order valence-corrected chi connectivity index (χ3v) is 2.82. The van der Waals surface area contributed by atoms with Crippen molar-refractivity contribution in [3.05, 3.63) is 53.6 Å². The van der Waals surface area contributed by atoms with Crippen LogP contribution in [0.15, 0.2) is 42.5 Å². The summed E-state index contributed by atoms with van der Waals surface area (Å²) in [4.78, 5) is 0. The van der Waals surface area contributed by atoms with Gasteiger partial charge in [-0.05, 0) is 17.2 Å². The van der Waals surface area contributed by atoms with Gasteiger partial charge in [-0.1, -0.05) is 36.4 Å². The maximum absolute atomic E-state index is 9.01. The molecule has 0 unspecified atom stereocenters. The minimum atomic E-state index is 0.544. The molecular weight excluding hydrogens is 198 g/mol. The van der Waals surface area contributed by atoms with Gasteiger partial charge in [0.25, 0.3) is 0 Å². The van der Waals surface area contributed by atoms with Crippen molar-refractivity contribution in [2.24, 2.45) is 0 Å². The van der Waals surface area contributed by atoms with Gasteiger partial charge in [0.15, 0.2) is 0 Å². The zero-order chi connectivity index (χ0) is 11.0. The van der Waals surface area contributed by atoms with Crippen LogP contribution in [0.1, 0.15) is 11.1 Å². The predicted molar refractivity (Wildman–Crippen MR) is 60.9 cm³/mol. The largest absolute Gasteiger partial charge is 0.487 e. The van der Waals surface area contributed by atoms with Crippen molar-refractivity contribution in [3.8, 4) is 22.9 Å². The van der Waals surface area contributed by atoms with Crippen LogP contribution in [0, 0.1) is 11.3 Å². The molecule has 2 aromatic carbocycles. The topological polar surface area (TPSA) is 33.0 Å². The number of hydrogen-bond donors (Lipinski definition) is 0. The number of fused-ring (bicyclic) bond motifs is 3. The molecular formula is C14H9NO. The summed E-state index contributed by atoms with van der Waals surface area (Å²) in [5.74, 6) is 0.712. The maximum Gasteiger partial charge on any atom is 0.145 e. The summed E-state index contributed by atoms with van der Waals surface area (Å²) in [6.07, 6.45) is 0. The van der Waals surface area contributed by atoms with Crippen LogP contribution in [0.5, 0.6) is 5.75 Å². The fourth-order valence-electron chi connectivity index (χ4n) is 2.05. The van der Waals surface area contributed by atoms with E-state index in [0.29, 0.717) is 17.9 Å². The summed E-state index contributed by atoms with van der Waals surface area (Å²) in [6, 6.07) is 16.0. The molecule has 0 atom stereocenters. The Morgan fingerprint density at radius 2 is 1.81 bits per heavy atom. The second-order valence-electron chi connectivity index (χ2n) is 3.74. The molecule has 2 heteroatoms. The van der Waals surface area contributed by atoms with Crippen molar-refractivity contribution in [2.45, 2.75) is 6.61 Å². The molecule has 0 bridgehead atoms. The van der Waals surface area contributed by atoms with Crippen molar-refractivity contribution in [1.82, 2.24) is 0 Å². The fraction of sp³-hybridized carbons (Fsp3) is 0.0714. The van der Waals surface area contributed by atoms with Gasteiger partial charge >= 0.3 is 0 Å². The van der Waals surface area contributed by atoms with Crippen molar-refractivity contribution < 1.29 is 4.74 Å². The summed E-state index contributed by atoms with van der Waals surface area (Å²) in [7, 11) is 0. The molecule has 0 aliphatic carbocycles. The van der Waals surface area contributed by atoms with Crippen LogP contribution in [0.25, 0.3) is 11.1 Å². The molecule has 0 saturated heterocycles. The van der Waals surface area contributed by atoms with E-state index >= 15 is 0 Å². The van der Waals surface area contributed by atoms with Gasteiger partial charge in [0, 0.05) is 5.56 Å². The minimum Gasteiger partial charge on any atom is -0.487 e. The Hall–Kier alpha value is -2.27. The molecule has 0 radical (unpaired) electrons. The standard InChI is InChI=1S/C14H9NO/c15-8-10-5-3-7-13-12-6-2-1-4-11(12)9-16-14(10)13/h1-7H,9H2. The highest BCUT2D eigenvalue weighted by Gasteiger charge is 2.18. The highest BCUT2D eigenvalue weighted by molar-refractivity contribution is 5.77. The van der Waals surface area contributed by atoms with Gasteiger partial charge in [-0.15, -0.1) is 0 Å². The fourth-order valence-corrected chi connectivity index (χ4v) is 2.05. The normalized spacial score (nSPS) is 11.9. The van der Waals surface area contributed by atoms with Gasteiger partial charge in [0.05, 0.1) is 5.56 Å². The maximum atomic E-state index is 9.01. The van der Waals surface area contributed by atoms with E-state index in [1.807, 2.05) is 24.3 Å². The van der Waals surface area contributed by atoms with E-state index in [1.54, 1.807) is 6.07 Å². The average Bonchev–Trinajstić information content (AvgIpc) is 2.37. The molecule has 2 aromatic rings. The third kappa shape index (κ3) is 1.19. The van der Waals surface area contributed by atoms with E-state index in [-0.39, 0.29) is 0 Å². The second-order valence-corrected chi connectivity index (χ2v) is 3.74. The quantitative estimate of drug-likeness (QED) is 0.665. The number of rotatable bonds is 0. The number of ether oxygens (including phenoxy) is 1. The Labute approximate surface area is 93.7 Å². The summed E-state index contributed by atoms with van der Waals surface area (Å²) >= 11 is 0. The Kier molecular flexibility index (Phi) is 1.91. The first-order valence-corrected chi connectivity index (χ1v) is 5.14. The lowest BCUT2D eigenvalue weighted by molar-refractivity contribution is 0.301. The molecule has 0 N–H and O–H groups in total. The zero-order valence-electron chi connectivity index (χ0n) is 8.60. The molecule has 16 heavy (non-hydrogen) atoms. The SMILES string of the molecule is N#Cc1cccc2c1OCc1ccccc1-2. The summed E-state index contributed by atoms with van der Waals surface area (Å²) in [6.45, 7) is 0.544. The lowest BCUT2D eigenvalue weighted by atomic mass is 9.95. The van der Waals surface area contributed by atoms with Crippen LogP contribution in [-0.2, 0) is 6.61 Å². The molecule has 1 aliphatic rings. The molecule has 0 fully saturated rings. The van der Waals surface area contributed by atoms with E-state index in [2.05, 4.69) is 18.2 Å². The molecule has 2 nitrogen and oxygen atoms in total. The molecule has 76 valence electrons. The first kappa shape index (κ1) is 8.99. The van der Waals surface area contributed by atoms with Crippen LogP contribution in [0.3, 0.4) is 0 Å². The van der Waals surface area contributed by atoms with Crippen molar-refractivity contribution in [3.63, 3.8) is 0 Å². The number of nitrogens with zero attached hydrogens (tertiary/aromatic N) is 1. The summed E-state index contributed by atoms with van der Waals surface area (Å²) in [5.41, 5.74) is 3.96. The number of nitriles is 1. The highest BCUT2D eigenvalue weighted by Crippen LogP contribution is 2.39. The number of hydrogen-bond acceptors (Lipinski definition) is 2. The van der Waals surface area contributed by atoms with E-state index in [4.69, 9.17) is 10.00 Å². The van der Waals surface area contributed by atoms with Crippen LogP contribution in [0.4, 0.5) is 0 Å². The van der Waals surface area contributed by atoms with Gasteiger partial charge < -0.3 is 4.74 Å². The van der Waals surface area contributed by atoms with Crippen molar-refractivity contribution in [2.75, 3.05) is 0 Å². The Morgan fingerprint density at radius 3 is 2.69 bits per heavy atom. The third-order valence-electron chi connectivity index (χ3n) is 2.82. The van der Waals surface area contributed by atoms with Crippen LogP contribution in [0.2, 0.25) is 0 Å². The van der Waals surface area contributed by atoms with Gasteiger partial charge in [0.1, 0.15) is 18.4 Å². The molecule has 0 amide bonds. The van der Waals surface area contributed by atoms with Crippen LogP contribution < -0.4 is 4.74 Å². The summed E-state index contributed by atoms with van der Waals surface area (Å²) in [5, 5.41) is 9.01. The second kappa shape index (κ2) is 3.39. The van der Waals surface area contributed by atoms with Crippen molar-refractivity contribution >= 4 is 0 Å². The highest BCUT2D eigenvalue weighted by atomic mass is 16.5. The smallest absolute Gasteiger partial charge is 0.145 e. The molecule has 3 rings (SSSR count). The lowest BCUT2D eigenvalue weighted by Gasteiger charge is -2.21. The monoisotopic (exact) mass is 207 g/mol. The number of para-hydroxylation sites is 1. The predicted octanol–water partition coefficient (Wildman–Crippen LogP) is 3.12. The average molecular weight is 207 g/mol. The van der Waals surface area contributed by atoms with Crippen LogP contribution >= 0.6 is 0 Å². The molecule has 1 aliphatic heterocycles. The molecule has 0 spiro atoms.